The van der Waals surface area contributed by atoms with Crippen molar-refractivity contribution in [2.45, 2.75) is 0 Å². The fourth-order valence-electron chi connectivity index (χ4n) is 0.515. The number of rotatable bonds is 0. The van der Waals surface area contributed by atoms with E-state index < -0.39 is 0 Å². The Bertz CT molecular complexity index is 147. The third kappa shape index (κ3) is 1.28. The van der Waals surface area contributed by atoms with Gasteiger partial charge in [0, 0.05) is 15.5 Å². The maximum atomic E-state index is 5.12. The molecule has 2 unspecified atom stereocenters. The van der Waals surface area contributed by atoms with Crippen LogP contribution in [0.1, 0.15) is 0 Å². The summed E-state index contributed by atoms with van der Waals surface area (Å²) in [5, 5.41) is 0. The van der Waals surface area contributed by atoms with Gasteiger partial charge in [0.2, 0.25) is 0 Å². The summed E-state index contributed by atoms with van der Waals surface area (Å²) >= 11 is 4.86. The minimum atomic E-state index is -0.262. The lowest BCUT2D eigenvalue weighted by Crippen LogP contribution is -1.97. The average molecular weight is 146 g/mol. The molecule has 1 nitrogen and oxygen atoms in total. The maximum absolute atomic E-state index is 5.12. The summed E-state index contributed by atoms with van der Waals surface area (Å²) in [6, 6.07) is 0. The normalized spacial score (nSPS) is 36.9. The summed E-state index contributed by atoms with van der Waals surface area (Å²) in [4.78, 5) is 0. The first-order valence-corrected chi connectivity index (χ1v) is 4.55. The van der Waals surface area contributed by atoms with E-state index in [1.54, 1.807) is 0 Å². The van der Waals surface area contributed by atoms with E-state index in [0.717, 1.165) is 5.75 Å². The molecule has 0 saturated carbocycles. The van der Waals surface area contributed by atoms with Crippen molar-refractivity contribution in [2.75, 3.05) is 12.4 Å². The van der Waals surface area contributed by atoms with Crippen molar-refractivity contribution in [3.63, 3.8) is 0 Å². The lowest BCUT2D eigenvalue weighted by atomic mass is 10.2. The Labute approximate surface area is 56.2 Å². The molecule has 1 heterocycles. The molecule has 1 saturated heterocycles. The monoisotopic (exact) mass is 146 g/mol. The van der Waals surface area contributed by atoms with Gasteiger partial charge in [0.05, 0.1) is 12.5 Å². The highest BCUT2D eigenvalue weighted by molar-refractivity contribution is 8.26. The molecular weight excluding hydrogens is 140 g/mol. The summed E-state index contributed by atoms with van der Waals surface area (Å²) in [6.07, 6.45) is 5.12. The molecule has 0 aromatic rings. The van der Waals surface area contributed by atoms with E-state index in [1.807, 2.05) is 0 Å². The van der Waals surface area contributed by atoms with Gasteiger partial charge in [0.25, 0.3) is 0 Å². The van der Waals surface area contributed by atoms with Gasteiger partial charge in [-0.3, -0.25) is 0 Å². The summed E-state index contributed by atoms with van der Waals surface area (Å²) in [5.41, 5.74) is 0. The van der Waals surface area contributed by atoms with Crippen LogP contribution in [-0.2, 0) is 25.1 Å². The molecule has 1 aliphatic rings. The molecule has 0 N–H and O–H groups in total. The fraction of sp³-hybridized carbons (Fsp3) is 0.600. The van der Waals surface area contributed by atoms with Crippen LogP contribution >= 0.6 is 0 Å². The molecule has 8 heavy (non-hydrogen) atoms. The first-order chi connectivity index (χ1) is 3.83. The standard InChI is InChI=1S/C5H6OS2/c1-2-5-3-6-8(7)4-5/h1,5H,3-4H2. The predicted molar refractivity (Wildman–Crippen MR) is 37.9 cm³/mol. The van der Waals surface area contributed by atoms with Gasteiger partial charge in [0.1, 0.15) is 0 Å². The third-order valence-corrected chi connectivity index (χ3v) is 2.74. The minimum absolute atomic E-state index is 0.262. The van der Waals surface area contributed by atoms with E-state index in [0.29, 0.717) is 6.61 Å². The average Bonchev–Trinajstić information content (AvgIpc) is 2.14. The smallest absolute Gasteiger partial charge is 0.0763 e. The van der Waals surface area contributed by atoms with Crippen LogP contribution in [0.3, 0.4) is 0 Å². The van der Waals surface area contributed by atoms with Gasteiger partial charge in [-0.05, 0) is 11.2 Å². The Morgan fingerprint density at radius 3 is 2.88 bits per heavy atom. The first-order valence-electron chi connectivity index (χ1n) is 2.30. The zero-order valence-electron chi connectivity index (χ0n) is 4.29. The Kier molecular flexibility index (Phi) is 2.01. The van der Waals surface area contributed by atoms with Gasteiger partial charge in [-0.2, -0.15) is 0 Å². The lowest BCUT2D eigenvalue weighted by Gasteiger charge is -1.87. The highest BCUT2D eigenvalue weighted by Crippen LogP contribution is 2.09. The van der Waals surface area contributed by atoms with Gasteiger partial charge in [-0.15, -0.1) is 6.42 Å². The Morgan fingerprint density at radius 2 is 2.62 bits per heavy atom. The highest BCUT2D eigenvalue weighted by Gasteiger charge is 2.16. The molecule has 0 spiro atoms. The van der Waals surface area contributed by atoms with Crippen LogP contribution < -0.4 is 0 Å². The van der Waals surface area contributed by atoms with E-state index in [4.69, 9.17) is 21.8 Å². The zero-order valence-corrected chi connectivity index (χ0v) is 5.93. The van der Waals surface area contributed by atoms with Crippen molar-refractivity contribution >= 4 is 20.9 Å². The molecule has 0 aromatic carbocycles. The molecule has 0 radical (unpaired) electrons. The summed E-state index contributed by atoms with van der Waals surface area (Å²) in [7, 11) is -0.262. The molecular formula is C5H6OS2. The van der Waals surface area contributed by atoms with Crippen molar-refractivity contribution in [2.24, 2.45) is 5.92 Å². The van der Waals surface area contributed by atoms with Crippen LogP contribution in [0.4, 0.5) is 0 Å². The molecule has 0 aromatic heterocycles. The second kappa shape index (κ2) is 2.58. The molecule has 1 rings (SSSR count). The summed E-state index contributed by atoms with van der Waals surface area (Å²) in [5.74, 6) is 3.78. The number of terminal acetylenes is 1. The van der Waals surface area contributed by atoms with Crippen LogP contribution in [0.5, 0.6) is 0 Å². The van der Waals surface area contributed by atoms with Crippen LogP contribution in [-0.4, -0.2) is 12.4 Å². The Morgan fingerprint density at radius 1 is 1.88 bits per heavy atom. The molecule has 0 aliphatic carbocycles. The lowest BCUT2D eigenvalue weighted by molar-refractivity contribution is 0.372. The van der Waals surface area contributed by atoms with Crippen LogP contribution in [0.2, 0.25) is 0 Å². The molecule has 0 bridgehead atoms. The molecule has 2 atom stereocenters. The van der Waals surface area contributed by atoms with Crippen molar-refractivity contribution in [1.29, 1.82) is 0 Å². The Hall–Kier alpha value is 0.0900. The van der Waals surface area contributed by atoms with E-state index >= 15 is 0 Å². The first kappa shape index (κ1) is 6.21. The maximum Gasteiger partial charge on any atom is 0.0763 e. The highest BCUT2D eigenvalue weighted by atomic mass is 32.8. The topological polar surface area (TPSA) is 9.23 Å². The zero-order chi connectivity index (χ0) is 5.98. The molecule has 3 heteroatoms. The van der Waals surface area contributed by atoms with E-state index in [2.05, 4.69) is 5.92 Å². The van der Waals surface area contributed by atoms with Gasteiger partial charge in [-0.1, -0.05) is 5.92 Å². The van der Waals surface area contributed by atoms with E-state index in [9.17, 15) is 0 Å². The third-order valence-electron chi connectivity index (χ3n) is 0.974. The quantitative estimate of drug-likeness (QED) is 0.453. The second-order valence-corrected chi connectivity index (χ2v) is 3.91. The van der Waals surface area contributed by atoms with Crippen molar-refractivity contribution in [3.8, 4) is 12.3 Å². The second-order valence-electron chi connectivity index (χ2n) is 1.62. The Balaban J connectivity index is 2.47. The largest absolute Gasteiger partial charge is 0.311 e. The number of hydrogen-bond acceptors (Lipinski definition) is 2. The van der Waals surface area contributed by atoms with Gasteiger partial charge in [-0.25, -0.2) is 0 Å². The predicted octanol–water partition coefficient (Wildman–Crippen LogP) is 0.261. The summed E-state index contributed by atoms with van der Waals surface area (Å²) in [6.45, 7) is 0.670. The summed E-state index contributed by atoms with van der Waals surface area (Å²) < 4.78 is 5.06. The number of hydrogen-bond donors (Lipinski definition) is 0. The van der Waals surface area contributed by atoms with Gasteiger partial charge >= 0.3 is 0 Å². The van der Waals surface area contributed by atoms with Crippen molar-refractivity contribution in [3.05, 3.63) is 0 Å². The van der Waals surface area contributed by atoms with Crippen LogP contribution in [0.15, 0.2) is 0 Å². The van der Waals surface area contributed by atoms with E-state index in [-0.39, 0.29) is 15.7 Å². The molecule has 1 aliphatic heterocycles. The van der Waals surface area contributed by atoms with Gasteiger partial charge in [0.15, 0.2) is 0 Å². The van der Waals surface area contributed by atoms with E-state index in [1.165, 1.54) is 0 Å². The van der Waals surface area contributed by atoms with Crippen molar-refractivity contribution < 1.29 is 4.18 Å². The van der Waals surface area contributed by atoms with Crippen LogP contribution in [0.25, 0.3) is 0 Å². The molecule has 44 valence electrons. The minimum Gasteiger partial charge on any atom is -0.311 e. The fourth-order valence-corrected chi connectivity index (χ4v) is 2.11. The SMILES string of the molecule is C#CC1COS(=S)C1. The van der Waals surface area contributed by atoms with Crippen LogP contribution in [0, 0.1) is 18.3 Å². The molecule has 1 fully saturated rings. The van der Waals surface area contributed by atoms with Crippen molar-refractivity contribution in [1.82, 2.24) is 0 Å². The molecule has 0 amide bonds. The van der Waals surface area contributed by atoms with Gasteiger partial charge < -0.3 is 4.18 Å².